The smallest absolute Gasteiger partial charge is 0.348 e. The fourth-order valence-electron chi connectivity index (χ4n) is 1.57. The highest BCUT2D eigenvalue weighted by atomic mass is 32.1. The van der Waals surface area contributed by atoms with Gasteiger partial charge in [-0.2, -0.15) is 0 Å². The zero-order valence-electron chi connectivity index (χ0n) is 8.66. The third-order valence-corrected chi connectivity index (χ3v) is 3.74. The molecule has 1 fully saturated rings. The minimum Gasteiger partial charge on any atom is -0.465 e. The van der Waals surface area contributed by atoms with Gasteiger partial charge in [0.15, 0.2) is 0 Å². The molecule has 4 heteroatoms. The SMILES string of the molecule is COC(=O)c1sccc1CCC1(O)CC1. The van der Waals surface area contributed by atoms with Gasteiger partial charge in [-0.1, -0.05) is 0 Å². The van der Waals surface area contributed by atoms with E-state index in [2.05, 4.69) is 0 Å². The average molecular weight is 226 g/mol. The number of esters is 1. The maximum Gasteiger partial charge on any atom is 0.348 e. The van der Waals surface area contributed by atoms with Crippen molar-refractivity contribution in [2.24, 2.45) is 0 Å². The Hall–Kier alpha value is -0.870. The van der Waals surface area contributed by atoms with E-state index in [-0.39, 0.29) is 5.97 Å². The van der Waals surface area contributed by atoms with Crippen LogP contribution in [0.2, 0.25) is 0 Å². The summed E-state index contributed by atoms with van der Waals surface area (Å²) in [5.41, 5.74) is 0.544. The standard InChI is InChI=1S/C11H14O3S/c1-14-10(12)9-8(3-7-15-9)2-4-11(13)5-6-11/h3,7,13H,2,4-6H2,1H3. The van der Waals surface area contributed by atoms with Crippen molar-refractivity contribution in [3.05, 3.63) is 21.9 Å². The summed E-state index contributed by atoms with van der Waals surface area (Å²) in [6, 6.07) is 1.93. The van der Waals surface area contributed by atoms with Crippen LogP contribution < -0.4 is 0 Å². The predicted molar refractivity (Wildman–Crippen MR) is 58.2 cm³/mol. The molecule has 1 N–H and O–H groups in total. The lowest BCUT2D eigenvalue weighted by molar-refractivity contribution is 0.0604. The first-order valence-electron chi connectivity index (χ1n) is 5.02. The fraction of sp³-hybridized carbons (Fsp3) is 0.545. The van der Waals surface area contributed by atoms with Crippen LogP contribution >= 0.6 is 11.3 Å². The summed E-state index contributed by atoms with van der Waals surface area (Å²) in [4.78, 5) is 12.0. The summed E-state index contributed by atoms with van der Waals surface area (Å²) >= 11 is 1.40. The number of aryl methyl sites for hydroxylation is 1. The first-order chi connectivity index (χ1) is 7.14. The molecule has 1 saturated carbocycles. The maximum absolute atomic E-state index is 11.4. The second kappa shape index (κ2) is 3.94. The highest BCUT2D eigenvalue weighted by Gasteiger charge is 2.39. The molecule has 1 aliphatic rings. The van der Waals surface area contributed by atoms with Gasteiger partial charge in [-0.05, 0) is 42.7 Å². The topological polar surface area (TPSA) is 46.5 Å². The second-order valence-corrected chi connectivity index (χ2v) is 4.91. The Labute approximate surface area is 92.7 Å². The highest BCUT2D eigenvalue weighted by Crippen LogP contribution is 2.39. The van der Waals surface area contributed by atoms with Crippen LogP contribution in [0.3, 0.4) is 0 Å². The van der Waals surface area contributed by atoms with E-state index in [1.807, 2.05) is 11.4 Å². The molecule has 1 aromatic heterocycles. The molecule has 0 aromatic carbocycles. The molecule has 0 atom stereocenters. The van der Waals surface area contributed by atoms with Crippen LogP contribution in [0.1, 0.15) is 34.5 Å². The van der Waals surface area contributed by atoms with E-state index in [9.17, 15) is 9.90 Å². The van der Waals surface area contributed by atoms with Crippen molar-refractivity contribution in [1.29, 1.82) is 0 Å². The Balaban J connectivity index is 2.01. The van der Waals surface area contributed by atoms with Crippen molar-refractivity contribution in [3.8, 4) is 0 Å². The van der Waals surface area contributed by atoms with Crippen LogP contribution in [0, 0.1) is 0 Å². The van der Waals surface area contributed by atoms with Gasteiger partial charge in [0.1, 0.15) is 4.88 Å². The van der Waals surface area contributed by atoms with Gasteiger partial charge in [0.25, 0.3) is 0 Å². The lowest BCUT2D eigenvalue weighted by Gasteiger charge is -2.06. The zero-order chi connectivity index (χ0) is 10.9. The Morgan fingerprint density at radius 1 is 1.67 bits per heavy atom. The van der Waals surface area contributed by atoms with E-state index in [4.69, 9.17) is 4.74 Å². The summed E-state index contributed by atoms with van der Waals surface area (Å²) in [6.45, 7) is 0. The van der Waals surface area contributed by atoms with Gasteiger partial charge in [-0.25, -0.2) is 4.79 Å². The van der Waals surface area contributed by atoms with Gasteiger partial charge >= 0.3 is 5.97 Å². The quantitative estimate of drug-likeness (QED) is 0.799. The van der Waals surface area contributed by atoms with Crippen molar-refractivity contribution in [3.63, 3.8) is 0 Å². The Morgan fingerprint density at radius 3 is 3.00 bits per heavy atom. The predicted octanol–water partition coefficient (Wildman–Crippen LogP) is 1.99. The number of ether oxygens (including phenoxy) is 1. The molecule has 0 amide bonds. The largest absolute Gasteiger partial charge is 0.465 e. The molecule has 0 aliphatic heterocycles. The molecular formula is C11H14O3S. The van der Waals surface area contributed by atoms with Gasteiger partial charge < -0.3 is 9.84 Å². The summed E-state index contributed by atoms with van der Waals surface area (Å²) < 4.78 is 4.69. The first-order valence-corrected chi connectivity index (χ1v) is 5.90. The zero-order valence-corrected chi connectivity index (χ0v) is 9.47. The van der Waals surface area contributed by atoms with E-state index in [1.165, 1.54) is 18.4 Å². The Morgan fingerprint density at radius 2 is 2.40 bits per heavy atom. The Kier molecular flexibility index (Phi) is 2.80. The molecule has 0 radical (unpaired) electrons. The Bertz CT molecular complexity index is 366. The number of hydrogen-bond acceptors (Lipinski definition) is 4. The van der Waals surface area contributed by atoms with Crippen LogP contribution in [0.4, 0.5) is 0 Å². The number of carbonyl (C=O) groups is 1. The first kappa shape index (κ1) is 10.6. The van der Waals surface area contributed by atoms with Gasteiger partial charge in [0, 0.05) is 0 Å². The molecule has 0 unspecified atom stereocenters. The lowest BCUT2D eigenvalue weighted by atomic mass is 10.1. The van der Waals surface area contributed by atoms with Gasteiger partial charge in [-0.3, -0.25) is 0 Å². The molecule has 0 bridgehead atoms. The van der Waals surface area contributed by atoms with Gasteiger partial charge in [-0.15, -0.1) is 11.3 Å². The summed E-state index contributed by atoms with van der Waals surface area (Å²) in [5.74, 6) is -0.275. The monoisotopic (exact) mass is 226 g/mol. The van der Waals surface area contributed by atoms with Crippen molar-refractivity contribution >= 4 is 17.3 Å². The molecule has 0 saturated heterocycles. The molecule has 0 spiro atoms. The van der Waals surface area contributed by atoms with Crippen molar-refractivity contribution in [2.45, 2.75) is 31.3 Å². The van der Waals surface area contributed by atoms with Crippen LogP contribution in [0.5, 0.6) is 0 Å². The summed E-state index contributed by atoms with van der Waals surface area (Å²) in [5, 5.41) is 11.6. The van der Waals surface area contributed by atoms with E-state index >= 15 is 0 Å². The van der Waals surface area contributed by atoms with Crippen molar-refractivity contribution in [2.75, 3.05) is 7.11 Å². The normalized spacial score (nSPS) is 17.5. The van der Waals surface area contributed by atoms with Crippen LogP contribution in [-0.4, -0.2) is 23.8 Å². The van der Waals surface area contributed by atoms with Gasteiger partial charge in [0.2, 0.25) is 0 Å². The second-order valence-electron chi connectivity index (χ2n) is 3.99. The number of hydrogen-bond donors (Lipinski definition) is 1. The minimum absolute atomic E-state index is 0.275. The molecular weight excluding hydrogens is 212 g/mol. The third kappa shape index (κ3) is 2.38. The number of aliphatic hydroxyl groups is 1. The third-order valence-electron chi connectivity index (χ3n) is 2.80. The molecule has 1 aliphatic carbocycles. The number of carbonyl (C=O) groups excluding carboxylic acids is 1. The van der Waals surface area contributed by atoms with Crippen LogP contribution in [-0.2, 0) is 11.2 Å². The fourth-order valence-corrected chi connectivity index (χ4v) is 2.44. The molecule has 2 rings (SSSR count). The van der Waals surface area contributed by atoms with Crippen molar-refractivity contribution < 1.29 is 14.6 Å². The van der Waals surface area contributed by atoms with E-state index < -0.39 is 5.60 Å². The van der Waals surface area contributed by atoms with Crippen LogP contribution in [0.15, 0.2) is 11.4 Å². The molecule has 3 nitrogen and oxygen atoms in total. The number of methoxy groups -OCH3 is 1. The lowest BCUT2D eigenvalue weighted by Crippen LogP contribution is -2.09. The van der Waals surface area contributed by atoms with E-state index in [0.717, 1.165) is 31.2 Å². The highest BCUT2D eigenvalue weighted by molar-refractivity contribution is 7.12. The van der Waals surface area contributed by atoms with Crippen LogP contribution in [0.25, 0.3) is 0 Å². The maximum atomic E-state index is 11.4. The minimum atomic E-state index is -0.449. The molecule has 1 aromatic rings. The van der Waals surface area contributed by atoms with Crippen molar-refractivity contribution in [1.82, 2.24) is 0 Å². The average Bonchev–Trinajstić information content (AvgIpc) is 2.81. The van der Waals surface area contributed by atoms with Gasteiger partial charge in [0.05, 0.1) is 12.7 Å². The summed E-state index contributed by atoms with van der Waals surface area (Å²) in [6.07, 6.45) is 3.29. The van der Waals surface area contributed by atoms with E-state index in [1.54, 1.807) is 0 Å². The number of thiophene rings is 1. The number of rotatable bonds is 4. The molecule has 15 heavy (non-hydrogen) atoms. The molecule has 1 heterocycles. The summed E-state index contributed by atoms with van der Waals surface area (Å²) in [7, 11) is 1.39. The van der Waals surface area contributed by atoms with E-state index in [0.29, 0.717) is 4.88 Å². The molecule has 82 valence electrons.